The summed E-state index contributed by atoms with van der Waals surface area (Å²) in [7, 11) is 0. The summed E-state index contributed by atoms with van der Waals surface area (Å²) < 4.78 is 42.9. The lowest BCUT2D eigenvalue weighted by atomic mass is 10.1. The second kappa shape index (κ2) is 6.76. The number of anilines is 1. The lowest BCUT2D eigenvalue weighted by Crippen LogP contribution is -2.49. The number of hydrogen-bond acceptors (Lipinski definition) is 4. The van der Waals surface area contributed by atoms with Gasteiger partial charge in [0.05, 0.1) is 5.56 Å². The first-order valence-electron chi connectivity index (χ1n) is 6.89. The number of primary amides is 1. The minimum absolute atomic E-state index is 0.286. The standard InChI is InChI=1S/C14H16F3N3O3/c15-14(16,17)10-2-1-3-11(8-10)19-4-6-20(7-5-19)13(22)23-9-12(18)21/h1-3,8H,4-7,9H2,(H2,18,21). The van der Waals surface area contributed by atoms with Gasteiger partial charge in [0.2, 0.25) is 0 Å². The van der Waals surface area contributed by atoms with Gasteiger partial charge in [-0.05, 0) is 18.2 Å². The van der Waals surface area contributed by atoms with Crippen molar-refractivity contribution in [3.63, 3.8) is 0 Å². The number of halogens is 3. The van der Waals surface area contributed by atoms with Gasteiger partial charge in [-0.15, -0.1) is 0 Å². The van der Waals surface area contributed by atoms with Crippen LogP contribution in [0.25, 0.3) is 0 Å². The molecule has 2 N–H and O–H groups in total. The molecule has 9 heteroatoms. The third-order valence-corrected chi connectivity index (χ3v) is 3.41. The molecule has 1 fully saturated rings. The summed E-state index contributed by atoms with van der Waals surface area (Å²) in [6.45, 7) is 0.814. The fourth-order valence-corrected chi connectivity index (χ4v) is 2.25. The number of benzene rings is 1. The second-order valence-corrected chi connectivity index (χ2v) is 5.04. The summed E-state index contributed by atoms with van der Waals surface area (Å²) in [5.41, 5.74) is 4.62. The van der Waals surface area contributed by atoms with Gasteiger partial charge in [0.25, 0.3) is 5.91 Å². The number of carbonyl (C=O) groups excluding carboxylic acids is 2. The van der Waals surface area contributed by atoms with Crippen LogP contribution in [-0.4, -0.2) is 49.7 Å². The Morgan fingerprint density at radius 3 is 2.39 bits per heavy atom. The fraction of sp³-hybridized carbons (Fsp3) is 0.429. The molecule has 0 radical (unpaired) electrons. The third kappa shape index (κ3) is 4.51. The van der Waals surface area contributed by atoms with Crippen molar-refractivity contribution in [2.75, 3.05) is 37.7 Å². The van der Waals surface area contributed by atoms with Crippen LogP contribution in [0.3, 0.4) is 0 Å². The van der Waals surface area contributed by atoms with Gasteiger partial charge >= 0.3 is 12.3 Å². The van der Waals surface area contributed by atoms with Crippen LogP contribution in [0.2, 0.25) is 0 Å². The molecule has 2 rings (SSSR count). The number of ether oxygens (including phenoxy) is 1. The predicted octanol–water partition coefficient (Wildman–Crippen LogP) is 1.45. The van der Waals surface area contributed by atoms with Crippen molar-refractivity contribution in [2.45, 2.75) is 6.18 Å². The number of piperazine rings is 1. The van der Waals surface area contributed by atoms with Crippen molar-refractivity contribution in [3.8, 4) is 0 Å². The van der Waals surface area contributed by atoms with Crippen LogP contribution in [0.5, 0.6) is 0 Å². The molecule has 0 bridgehead atoms. The van der Waals surface area contributed by atoms with Crippen molar-refractivity contribution in [2.24, 2.45) is 5.73 Å². The largest absolute Gasteiger partial charge is 0.439 e. The minimum Gasteiger partial charge on any atom is -0.439 e. The Morgan fingerprint density at radius 1 is 1.17 bits per heavy atom. The number of carbonyl (C=O) groups is 2. The quantitative estimate of drug-likeness (QED) is 0.909. The smallest absolute Gasteiger partial charge is 0.416 e. The summed E-state index contributed by atoms with van der Waals surface area (Å²) in [4.78, 5) is 25.4. The highest BCUT2D eigenvalue weighted by molar-refractivity contribution is 5.78. The summed E-state index contributed by atoms with van der Waals surface area (Å²) >= 11 is 0. The highest BCUT2D eigenvalue weighted by Gasteiger charge is 2.31. The predicted molar refractivity (Wildman–Crippen MR) is 75.8 cm³/mol. The number of amides is 2. The molecule has 23 heavy (non-hydrogen) atoms. The van der Waals surface area contributed by atoms with E-state index in [0.29, 0.717) is 18.8 Å². The summed E-state index contributed by atoms with van der Waals surface area (Å²) in [6, 6.07) is 5.05. The van der Waals surface area contributed by atoms with Gasteiger partial charge in [-0.1, -0.05) is 6.07 Å². The van der Waals surface area contributed by atoms with E-state index < -0.39 is 30.3 Å². The highest BCUT2D eigenvalue weighted by Crippen LogP contribution is 2.31. The molecule has 2 amide bonds. The molecule has 0 aromatic heterocycles. The summed E-state index contributed by atoms with van der Waals surface area (Å²) in [5.74, 6) is -0.749. The van der Waals surface area contributed by atoms with Gasteiger partial charge in [-0.2, -0.15) is 13.2 Å². The van der Waals surface area contributed by atoms with Crippen molar-refractivity contribution in [1.29, 1.82) is 0 Å². The van der Waals surface area contributed by atoms with Gasteiger partial charge in [-0.3, -0.25) is 4.79 Å². The zero-order valence-corrected chi connectivity index (χ0v) is 12.2. The summed E-state index contributed by atoms with van der Waals surface area (Å²) in [5, 5.41) is 0. The Hall–Kier alpha value is -2.45. The molecule has 1 heterocycles. The maximum atomic E-state index is 12.7. The second-order valence-electron chi connectivity index (χ2n) is 5.04. The van der Waals surface area contributed by atoms with E-state index in [9.17, 15) is 22.8 Å². The lowest BCUT2D eigenvalue weighted by molar-refractivity contribution is -0.137. The average molecular weight is 331 g/mol. The van der Waals surface area contributed by atoms with E-state index in [1.54, 1.807) is 11.0 Å². The van der Waals surface area contributed by atoms with E-state index in [-0.39, 0.29) is 13.1 Å². The minimum atomic E-state index is -4.39. The molecule has 1 aromatic carbocycles. The van der Waals surface area contributed by atoms with Crippen molar-refractivity contribution < 1.29 is 27.5 Å². The fourth-order valence-electron chi connectivity index (χ4n) is 2.25. The topological polar surface area (TPSA) is 75.9 Å². The Bertz CT molecular complexity index is 584. The lowest BCUT2D eigenvalue weighted by Gasteiger charge is -2.35. The molecule has 0 atom stereocenters. The maximum absolute atomic E-state index is 12.7. The Labute approximate surface area is 130 Å². The van der Waals surface area contributed by atoms with Crippen LogP contribution in [-0.2, 0) is 15.7 Å². The maximum Gasteiger partial charge on any atom is 0.416 e. The number of nitrogens with two attached hydrogens (primary N) is 1. The van der Waals surface area contributed by atoms with Gasteiger partial charge in [0.15, 0.2) is 6.61 Å². The molecule has 6 nitrogen and oxygen atoms in total. The Kier molecular flexibility index (Phi) is 4.97. The first kappa shape index (κ1) is 16.9. The summed E-state index contributed by atoms with van der Waals surface area (Å²) in [6.07, 6.45) is -5.05. The van der Waals surface area contributed by atoms with E-state index in [1.807, 2.05) is 0 Å². The number of rotatable bonds is 3. The van der Waals surface area contributed by atoms with Crippen LogP contribution >= 0.6 is 0 Å². The van der Waals surface area contributed by atoms with E-state index >= 15 is 0 Å². The third-order valence-electron chi connectivity index (χ3n) is 3.41. The van der Waals surface area contributed by atoms with Gasteiger partial charge in [0.1, 0.15) is 0 Å². The van der Waals surface area contributed by atoms with Crippen LogP contribution in [0.15, 0.2) is 24.3 Å². The molecular formula is C14H16F3N3O3. The highest BCUT2D eigenvalue weighted by atomic mass is 19.4. The normalized spacial score (nSPS) is 15.4. The van der Waals surface area contributed by atoms with Crippen molar-refractivity contribution >= 4 is 17.7 Å². The molecule has 1 aliphatic rings. The van der Waals surface area contributed by atoms with Crippen molar-refractivity contribution in [1.82, 2.24) is 4.90 Å². The molecule has 0 unspecified atom stereocenters. The van der Waals surface area contributed by atoms with Crippen LogP contribution in [0.4, 0.5) is 23.7 Å². The molecule has 0 saturated carbocycles. The van der Waals surface area contributed by atoms with E-state index in [4.69, 9.17) is 10.5 Å². The SMILES string of the molecule is NC(=O)COC(=O)N1CCN(c2cccc(C(F)(F)F)c2)CC1. The molecule has 1 aliphatic heterocycles. The van der Waals surface area contributed by atoms with Crippen molar-refractivity contribution in [3.05, 3.63) is 29.8 Å². The first-order valence-corrected chi connectivity index (χ1v) is 6.89. The van der Waals surface area contributed by atoms with Gasteiger partial charge in [-0.25, -0.2) is 4.79 Å². The van der Waals surface area contributed by atoms with E-state index in [2.05, 4.69) is 0 Å². The zero-order valence-electron chi connectivity index (χ0n) is 12.2. The number of hydrogen-bond donors (Lipinski definition) is 1. The molecular weight excluding hydrogens is 315 g/mol. The van der Waals surface area contributed by atoms with Crippen LogP contribution in [0.1, 0.15) is 5.56 Å². The molecule has 0 spiro atoms. The van der Waals surface area contributed by atoms with E-state index in [0.717, 1.165) is 12.1 Å². The number of alkyl halides is 3. The first-order chi connectivity index (χ1) is 10.8. The van der Waals surface area contributed by atoms with Gasteiger partial charge < -0.3 is 20.3 Å². The molecule has 126 valence electrons. The number of nitrogens with zero attached hydrogens (tertiary/aromatic N) is 2. The molecule has 1 aromatic rings. The molecule has 0 aliphatic carbocycles. The zero-order chi connectivity index (χ0) is 17.0. The average Bonchev–Trinajstić information content (AvgIpc) is 2.52. The van der Waals surface area contributed by atoms with E-state index in [1.165, 1.54) is 11.0 Å². The van der Waals surface area contributed by atoms with Gasteiger partial charge in [0, 0.05) is 31.9 Å². The van der Waals surface area contributed by atoms with Crippen LogP contribution < -0.4 is 10.6 Å². The Balaban J connectivity index is 1.94. The molecule has 1 saturated heterocycles. The monoisotopic (exact) mass is 331 g/mol. The Morgan fingerprint density at radius 2 is 1.83 bits per heavy atom. The van der Waals surface area contributed by atoms with Crippen LogP contribution in [0, 0.1) is 0 Å².